The zero-order chi connectivity index (χ0) is 17.2. The maximum absolute atomic E-state index is 13.7. The van der Waals surface area contributed by atoms with Crippen molar-refractivity contribution >= 4 is 5.95 Å². The summed E-state index contributed by atoms with van der Waals surface area (Å²) < 4.78 is 19.7. The lowest BCUT2D eigenvalue weighted by Gasteiger charge is -2.37. The van der Waals surface area contributed by atoms with E-state index in [4.69, 9.17) is 4.74 Å². The Balaban J connectivity index is 1.34. The standard InChI is InChI=1S/C19H23FN4O/c1-14-9-21-19(22-10-14)24-7-6-23-12-17(8-16(23)11-24)25-13-15-4-2-3-5-18(15)20/h2-5,9-10,16-17H,6-8,11-13H2,1H3/t16-,17-/m1/s1. The number of fused-ring (bicyclic) bond motifs is 1. The molecule has 0 bridgehead atoms. The van der Waals surface area contributed by atoms with E-state index in [2.05, 4.69) is 19.8 Å². The van der Waals surface area contributed by atoms with Gasteiger partial charge in [-0.1, -0.05) is 18.2 Å². The molecule has 2 atom stereocenters. The summed E-state index contributed by atoms with van der Waals surface area (Å²) in [7, 11) is 0. The molecule has 0 unspecified atom stereocenters. The van der Waals surface area contributed by atoms with Gasteiger partial charge in [0.15, 0.2) is 0 Å². The molecular weight excluding hydrogens is 319 g/mol. The lowest BCUT2D eigenvalue weighted by molar-refractivity contribution is 0.0454. The molecule has 2 fully saturated rings. The number of hydrogen-bond acceptors (Lipinski definition) is 5. The van der Waals surface area contributed by atoms with E-state index in [0.717, 1.165) is 44.1 Å². The van der Waals surface area contributed by atoms with Crippen LogP contribution in [0.4, 0.5) is 10.3 Å². The summed E-state index contributed by atoms with van der Waals surface area (Å²) in [5.41, 5.74) is 1.70. The lowest BCUT2D eigenvalue weighted by atomic mass is 10.1. The van der Waals surface area contributed by atoms with Crippen molar-refractivity contribution in [3.63, 3.8) is 0 Å². The van der Waals surface area contributed by atoms with Gasteiger partial charge in [0.25, 0.3) is 0 Å². The highest BCUT2D eigenvalue weighted by Crippen LogP contribution is 2.26. The van der Waals surface area contributed by atoms with Crippen LogP contribution in [0.2, 0.25) is 0 Å². The molecule has 0 aliphatic carbocycles. The Morgan fingerprint density at radius 3 is 2.76 bits per heavy atom. The monoisotopic (exact) mass is 342 g/mol. The molecule has 0 N–H and O–H groups in total. The molecule has 0 saturated carbocycles. The number of piperazine rings is 1. The molecule has 132 valence electrons. The highest BCUT2D eigenvalue weighted by molar-refractivity contribution is 5.31. The van der Waals surface area contributed by atoms with Gasteiger partial charge in [-0.05, 0) is 25.0 Å². The van der Waals surface area contributed by atoms with Gasteiger partial charge in [-0.2, -0.15) is 0 Å². The number of hydrogen-bond donors (Lipinski definition) is 0. The minimum absolute atomic E-state index is 0.156. The molecule has 25 heavy (non-hydrogen) atoms. The topological polar surface area (TPSA) is 41.5 Å². The first-order chi connectivity index (χ1) is 12.2. The fourth-order valence-corrected chi connectivity index (χ4v) is 3.67. The number of rotatable bonds is 4. The normalized spacial score (nSPS) is 23.7. The van der Waals surface area contributed by atoms with Crippen LogP contribution < -0.4 is 4.90 Å². The minimum Gasteiger partial charge on any atom is -0.372 e. The predicted octanol–water partition coefficient (Wildman–Crippen LogP) is 2.40. The van der Waals surface area contributed by atoms with Crippen molar-refractivity contribution < 1.29 is 9.13 Å². The molecule has 3 heterocycles. The van der Waals surface area contributed by atoms with Crippen LogP contribution in [0.15, 0.2) is 36.7 Å². The van der Waals surface area contributed by atoms with E-state index in [1.165, 1.54) is 6.07 Å². The summed E-state index contributed by atoms with van der Waals surface area (Å²) in [5, 5.41) is 0. The lowest BCUT2D eigenvalue weighted by Crippen LogP contribution is -2.50. The van der Waals surface area contributed by atoms with Crippen molar-refractivity contribution in [2.75, 3.05) is 31.1 Å². The van der Waals surface area contributed by atoms with Crippen LogP contribution >= 0.6 is 0 Å². The van der Waals surface area contributed by atoms with E-state index in [1.807, 2.05) is 25.4 Å². The smallest absolute Gasteiger partial charge is 0.225 e. The van der Waals surface area contributed by atoms with Crippen LogP contribution in [0, 0.1) is 12.7 Å². The van der Waals surface area contributed by atoms with Crippen LogP contribution in [0.1, 0.15) is 17.5 Å². The molecule has 2 aromatic rings. The second kappa shape index (κ2) is 7.06. The van der Waals surface area contributed by atoms with Gasteiger partial charge in [-0.3, -0.25) is 4.90 Å². The Hall–Kier alpha value is -2.05. The van der Waals surface area contributed by atoms with Gasteiger partial charge < -0.3 is 9.64 Å². The number of benzene rings is 1. The molecule has 1 aromatic carbocycles. The Morgan fingerprint density at radius 2 is 1.96 bits per heavy atom. The number of ether oxygens (including phenoxy) is 1. The van der Waals surface area contributed by atoms with Gasteiger partial charge in [-0.15, -0.1) is 0 Å². The Bertz CT molecular complexity index is 724. The minimum atomic E-state index is -0.194. The van der Waals surface area contributed by atoms with E-state index in [1.54, 1.807) is 12.1 Å². The first kappa shape index (κ1) is 16.4. The number of anilines is 1. The molecule has 1 aromatic heterocycles. The van der Waals surface area contributed by atoms with E-state index < -0.39 is 0 Å². The van der Waals surface area contributed by atoms with Crippen LogP contribution in [-0.4, -0.2) is 53.2 Å². The van der Waals surface area contributed by atoms with Gasteiger partial charge in [0.1, 0.15) is 5.82 Å². The maximum atomic E-state index is 13.7. The quantitative estimate of drug-likeness (QED) is 0.853. The molecule has 2 saturated heterocycles. The summed E-state index contributed by atoms with van der Waals surface area (Å²) in [6.45, 7) is 6.09. The van der Waals surface area contributed by atoms with Gasteiger partial charge in [0.2, 0.25) is 5.95 Å². The van der Waals surface area contributed by atoms with E-state index in [9.17, 15) is 4.39 Å². The second-order valence-electron chi connectivity index (χ2n) is 6.92. The van der Waals surface area contributed by atoms with Crippen LogP contribution in [0.3, 0.4) is 0 Å². The van der Waals surface area contributed by atoms with E-state index >= 15 is 0 Å². The van der Waals surface area contributed by atoms with Crippen molar-refractivity contribution in [2.45, 2.75) is 32.1 Å². The molecule has 6 heteroatoms. The third-order valence-corrected chi connectivity index (χ3v) is 5.06. The van der Waals surface area contributed by atoms with Crippen molar-refractivity contribution in [1.29, 1.82) is 0 Å². The predicted molar refractivity (Wildman–Crippen MR) is 93.9 cm³/mol. The van der Waals surface area contributed by atoms with Crippen molar-refractivity contribution in [1.82, 2.24) is 14.9 Å². The SMILES string of the molecule is Cc1cnc(N2CCN3C[C@H](OCc4ccccc4F)C[C@@H]3C2)nc1. The molecular formula is C19H23FN4O. The first-order valence-electron chi connectivity index (χ1n) is 8.81. The molecule has 0 radical (unpaired) electrons. The molecule has 4 rings (SSSR count). The maximum Gasteiger partial charge on any atom is 0.225 e. The Labute approximate surface area is 147 Å². The highest BCUT2D eigenvalue weighted by atomic mass is 19.1. The van der Waals surface area contributed by atoms with Crippen molar-refractivity contribution in [3.8, 4) is 0 Å². The Morgan fingerprint density at radius 1 is 1.16 bits per heavy atom. The number of halogens is 1. The summed E-state index contributed by atoms with van der Waals surface area (Å²) >= 11 is 0. The van der Waals surface area contributed by atoms with Crippen LogP contribution in [-0.2, 0) is 11.3 Å². The number of nitrogens with zero attached hydrogens (tertiary/aromatic N) is 4. The average molecular weight is 342 g/mol. The summed E-state index contributed by atoms with van der Waals surface area (Å²) in [6, 6.07) is 7.27. The molecule has 0 amide bonds. The molecule has 2 aliphatic heterocycles. The van der Waals surface area contributed by atoms with Crippen molar-refractivity contribution in [2.24, 2.45) is 0 Å². The summed E-state index contributed by atoms with van der Waals surface area (Å²) in [4.78, 5) is 13.6. The molecule has 2 aliphatic rings. The average Bonchev–Trinajstić information content (AvgIpc) is 3.04. The summed E-state index contributed by atoms with van der Waals surface area (Å²) in [6.07, 6.45) is 4.85. The van der Waals surface area contributed by atoms with Gasteiger partial charge in [0, 0.05) is 50.2 Å². The van der Waals surface area contributed by atoms with E-state index in [-0.39, 0.29) is 11.9 Å². The zero-order valence-corrected chi connectivity index (χ0v) is 14.4. The number of aryl methyl sites for hydroxylation is 1. The fourth-order valence-electron chi connectivity index (χ4n) is 3.67. The second-order valence-corrected chi connectivity index (χ2v) is 6.92. The van der Waals surface area contributed by atoms with Crippen LogP contribution in [0.25, 0.3) is 0 Å². The largest absolute Gasteiger partial charge is 0.372 e. The highest BCUT2D eigenvalue weighted by Gasteiger charge is 2.37. The third-order valence-electron chi connectivity index (χ3n) is 5.06. The number of aromatic nitrogens is 2. The van der Waals surface area contributed by atoms with Crippen molar-refractivity contribution in [3.05, 3.63) is 53.6 Å². The Kier molecular flexibility index (Phi) is 4.63. The third kappa shape index (κ3) is 3.65. The summed E-state index contributed by atoms with van der Waals surface area (Å²) in [5.74, 6) is 0.613. The zero-order valence-electron chi connectivity index (χ0n) is 14.4. The molecule has 5 nitrogen and oxygen atoms in total. The fraction of sp³-hybridized carbons (Fsp3) is 0.474. The van der Waals surface area contributed by atoms with Gasteiger partial charge in [0.05, 0.1) is 12.7 Å². The molecule has 0 spiro atoms. The van der Waals surface area contributed by atoms with Crippen LogP contribution in [0.5, 0.6) is 0 Å². The van der Waals surface area contributed by atoms with Gasteiger partial charge >= 0.3 is 0 Å². The first-order valence-corrected chi connectivity index (χ1v) is 8.81. The van der Waals surface area contributed by atoms with E-state index in [0.29, 0.717) is 18.2 Å². The van der Waals surface area contributed by atoms with Gasteiger partial charge in [-0.25, -0.2) is 14.4 Å².